The molecule has 0 amide bonds. The molecule has 136 valence electrons. The molecule has 0 bridgehead atoms. The van der Waals surface area contributed by atoms with Crippen LogP contribution >= 0.6 is 0 Å². The molecule has 1 fully saturated rings. The van der Waals surface area contributed by atoms with Crippen LogP contribution in [0.2, 0.25) is 0 Å². The maximum absolute atomic E-state index is 12.9. The normalized spacial score (nSPS) is 16.3. The van der Waals surface area contributed by atoms with Gasteiger partial charge < -0.3 is 9.42 Å². The van der Waals surface area contributed by atoms with Crippen LogP contribution in [0, 0.1) is 13.8 Å². The maximum Gasteiger partial charge on any atom is 0.248 e. The van der Waals surface area contributed by atoms with E-state index in [0.29, 0.717) is 37.6 Å². The number of aryl methyl sites for hydroxylation is 2. The fourth-order valence-corrected chi connectivity index (χ4v) is 5.20. The summed E-state index contributed by atoms with van der Waals surface area (Å²) < 4.78 is 32.4. The van der Waals surface area contributed by atoms with Crippen molar-refractivity contribution in [2.24, 2.45) is 0 Å². The first-order valence-corrected chi connectivity index (χ1v) is 9.94. The standard InChI is InChI=1S/C18H20N4O3S/c1-13-18(14(2)25-20-13)26(23,24)22-11-9-21(10-12-22)16-7-3-5-15-6-4-8-19-17(15)16/h3-8H,9-12H2,1-2H3. The number of fused-ring (bicyclic) bond motifs is 1. The van der Waals surface area contributed by atoms with E-state index in [1.165, 1.54) is 4.31 Å². The Morgan fingerprint density at radius 3 is 2.46 bits per heavy atom. The molecule has 1 aliphatic heterocycles. The highest BCUT2D eigenvalue weighted by Gasteiger charge is 2.33. The van der Waals surface area contributed by atoms with Gasteiger partial charge in [0.2, 0.25) is 10.0 Å². The van der Waals surface area contributed by atoms with Crippen molar-refractivity contribution < 1.29 is 12.9 Å². The summed E-state index contributed by atoms with van der Waals surface area (Å²) in [6, 6.07) is 10.0. The van der Waals surface area contributed by atoms with E-state index in [-0.39, 0.29) is 4.90 Å². The van der Waals surface area contributed by atoms with Crippen LogP contribution in [0.25, 0.3) is 10.9 Å². The van der Waals surface area contributed by atoms with Gasteiger partial charge in [0.1, 0.15) is 10.6 Å². The molecule has 8 heteroatoms. The van der Waals surface area contributed by atoms with Gasteiger partial charge in [-0.2, -0.15) is 4.31 Å². The lowest BCUT2D eigenvalue weighted by Gasteiger charge is -2.35. The van der Waals surface area contributed by atoms with E-state index < -0.39 is 10.0 Å². The van der Waals surface area contributed by atoms with Crippen molar-refractivity contribution in [3.63, 3.8) is 0 Å². The summed E-state index contributed by atoms with van der Waals surface area (Å²) in [5.74, 6) is 0.336. The molecule has 1 aromatic carbocycles. The Labute approximate surface area is 152 Å². The summed E-state index contributed by atoms with van der Waals surface area (Å²) in [5, 5.41) is 4.85. The van der Waals surface area contributed by atoms with Gasteiger partial charge in [-0.1, -0.05) is 23.4 Å². The molecule has 2 aromatic heterocycles. The van der Waals surface area contributed by atoms with Gasteiger partial charge in [-0.25, -0.2) is 8.42 Å². The largest absolute Gasteiger partial charge is 0.367 e. The third-order valence-corrected chi connectivity index (χ3v) is 6.90. The van der Waals surface area contributed by atoms with E-state index >= 15 is 0 Å². The highest BCUT2D eigenvalue weighted by atomic mass is 32.2. The molecule has 0 spiro atoms. The van der Waals surface area contributed by atoms with Crippen LogP contribution in [0.4, 0.5) is 5.69 Å². The number of piperazine rings is 1. The summed E-state index contributed by atoms with van der Waals surface area (Å²) >= 11 is 0. The molecule has 0 aliphatic carbocycles. The van der Waals surface area contributed by atoms with Gasteiger partial charge in [0.25, 0.3) is 0 Å². The number of hydrogen-bond donors (Lipinski definition) is 0. The van der Waals surface area contributed by atoms with E-state index in [0.717, 1.165) is 16.6 Å². The van der Waals surface area contributed by atoms with Gasteiger partial charge in [-0.3, -0.25) is 4.98 Å². The zero-order chi connectivity index (χ0) is 18.3. The molecule has 0 unspecified atom stereocenters. The van der Waals surface area contributed by atoms with Gasteiger partial charge in [-0.05, 0) is 26.0 Å². The fraction of sp³-hybridized carbons (Fsp3) is 0.333. The molecule has 1 aliphatic rings. The third kappa shape index (κ3) is 2.75. The fourth-order valence-electron chi connectivity index (χ4n) is 3.48. The van der Waals surface area contributed by atoms with E-state index in [1.54, 1.807) is 20.0 Å². The number of hydrogen-bond acceptors (Lipinski definition) is 6. The second-order valence-corrected chi connectivity index (χ2v) is 8.27. The Morgan fingerprint density at radius 1 is 1.04 bits per heavy atom. The van der Waals surface area contributed by atoms with Crippen molar-refractivity contribution in [1.29, 1.82) is 0 Å². The van der Waals surface area contributed by atoms with Gasteiger partial charge >= 0.3 is 0 Å². The van der Waals surface area contributed by atoms with Crippen LogP contribution in [0.3, 0.4) is 0 Å². The van der Waals surface area contributed by atoms with Crippen molar-refractivity contribution in [2.75, 3.05) is 31.1 Å². The Hall–Kier alpha value is -2.45. The lowest BCUT2D eigenvalue weighted by Crippen LogP contribution is -2.48. The van der Waals surface area contributed by atoms with Crippen LogP contribution < -0.4 is 4.90 Å². The molecule has 26 heavy (non-hydrogen) atoms. The zero-order valence-corrected chi connectivity index (χ0v) is 15.5. The predicted molar refractivity (Wildman–Crippen MR) is 98.7 cm³/mol. The Balaban J connectivity index is 1.58. The lowest BCUT2D eigenvalue weighted by molar-refractivity contribution is 0.378. The Bertz CT molecular complexity index is 1030. The smallest absolute Gasteiger partial charge is 0.248 e. The number of benzene rings is 1. The maximum atomic E-state index is 12.9. The van der Waals surface area contributed by atoms with Crippen molar-refractivity contribution in [3.05, 3.63) is 48.0 Å². The second-order valence-electron chi connectivity index (χ2n) is 6.40. The van der Waals surface area contributed by atoms with Gasteiger partial charge in [0.15, 0.2) is 5.76 Å². The molecular weight excluding hydrogens is 352 g/mol. The van der Waals surface area contributed by atoms with Gasteiger partial charge in [0, 0.05) is 37.8 Å². The van der Waals surface area contributed by atoms with Crippen molar-refractivity contribution in [1.82, 2.24) is 14.4 Å². The van der Waals surface area contributed by atoms with Crippen LogP contribution in [-0.4, -0.2) is 49.0 Å². The first-order valence-electron chi connectivity index (χ1n) is 8.50. The Kier molecular flexibility index (Phi) is 4.16. The number of aromatic nitrogens is 2. The first kappa shape index (κ1) is 17.0. The number of rotatable bonds is 3. The predicted octanol–water partition coefficient (Wildman–Crippen LogP) is 2.35. The molecule has 3 heterocycles. The SMILES string of the molecule is Cc1noc(C)c1S(=O)(=O)N1CCN(c2cccc3cccnc23)CC1. The van der Waals surface area contributed by atoms with E-state index in [1.807, 2.05) is 30.3 Å². The average Bonchev–Trinajstić information content (AvgIpc) is 3.00. The minimum Gasteiger partial charge on any atom is -0.367 e. The topological polar surface area (TPSA) is 79.5 Å². The van der Waals surface area contributed by atoms with Crippen LogP contribution in [-0.2, 0) is 10.0 Å². The molecule has 1 saturated heterocycles. The average molecular weight is 372 g/mol. The van der Waals surface area contributed by atoms with E-state index in [4.69, 9.17) is 4.52 Å². The molecule has 0 saturated carbocycles. The van der Waals surface area contributed by atoms with Crippen LogP contribution in [0.1, 0.15) is 11.5 Å². The van der Waals surface area contributed by atoms with Crippen molar-refractivity contribution in [2.45, 2.75) is 18.7 Å². The first-order chi connectivity index (χ1) is 12.5. The monoisotopic (exact) mass is 372 g/mol. The number of sulfonamides is 1. The third-order valence-electron chi connectivity index (χ3n) is 4.76. The summed E-state index contributed by atoms with van der Waals surface area (Å²) in [6.45, 7) is 5.33. The van der Waals surface area contributed by atoms with E-state index in [2.05, 4.69) is 15.0 Å². The molecular formula is C18H20N4O3S. The summed E-state index contributed by atoms with van der Waals surface area (Å²) in [6.07, 6.45) is 1.78. The number of para-hydroxylation sites is 1. The summed E-state index contributed by atoms with van der Waals surface area (Å²) in [5.41, 5.74) is 2.39. The summed E-state index contributed by atoms with van der Waals surface area (Å²) in [4.78, 5) is 6.88. The quantitative estimate of drug-likeness (QED) is 0.702. The van der Waals surface area contributed by atoms with Gasteiger partial charge in [0.05, 0.1) is 11.2 Å². The zero-order valence-electron chi connectivity index (χ0n) is 14.7. The molecule has 7 nitrogen and oxygen atoms in total. The van der Waals surface area contributed by atoms with Gasteiger partial charge in [-0.15, -0.1) is 0 Å². The van der Waals surface area contributed by atoms with E-state index in [9.17, 15) is 8.42 Å². The number of anilines is 1. The number of nitrogens with zero attached hydrogens (tertiary/aromatic N) is 4. The van der Waals surface area contributed by atoms with Crippen LogP contribution in [0.15, 0.2) is 45.9 Å². The summed E-state index contributed by atoms with van der Waals surface area (Å²) in [7, 11) is -3.59. The lowest BCUT2D eigenvalue weighted by atomic mass is 10.1. The minimum absolute atomic E-state index is 0.192. The molecule has 0 radical (unpaired) electrons. The number of pyridine rings is 1. The van der Waals surface area contributed by atoms with Crippen LogP contribution in [0.5, 0.6) is 0 Å². The molecule has 4 rings (SSSR count). The van der Waals surface area contributed by atoms with Crippen molar-refractivity contribution >= 4 is 26.6 Å². The second kappa shape index (κ2) is 6.37. The highest BCUT2D eigenvalue weighted by Crippen LogP contribution is 2.28. The molecule has 3 aromatic rings. The molecule has 0 N–H and O–H groups in total. The minimum atomic E-state index is -3.59. The Morgan fingerprint density at radius 2 is 1.77 bits per heavy atom. The van der Waals surface area contributed by atoms with Crippen molar-refractivity contribution in [3.8, 4) is 0 Å². The highest BCUT2D eigenvalue weighted by molar-refractivity contribution is 7.89. The molecule has 0 atom stereocenters.